The van der Waals surface area contributed by atoms with Crippen molar-refractivity contribution in [3.05, 3.63) is 0 Å². The second kappa shape index (κ2) is 42.7. The van der Waals surface area contributed by atoms with Crippen LogP contribution in [0.3, 0.4) is 0 Å². The average Bonchev–Trinajstić information content (AvgIpc) is 3.30. The highest BCUT2D eigenvalue weighted by atomic mass is 31.2. The Hall–Kier alpha value is -1.15. The molecule has 0 spiro atoms. The van der Waals surface area contributed by atoms with Crippen LogP contribution in [0, 0.1) is 0 Å². The van der Waals surface area contributed by atoms with Crippen LogP contribution in [0.2, 0.25) is 0 Å². The number of unbranched alkanes of at least 4 members (excludes halogenated alkanes) is 35. The van der Waals surface area contributed by atoms with Gasteiger partial charge >= 0.3 is 19.8 Å². The van der Waals surface area contributed by atoms with Crippen molar-refractivity contribution in [1.29, 1.82) is 0 Å². The number of phosphoric ester groups is 1. The minimum absolute atomic E-state index is 0.0516. The van der Waals surface area contributed by atoms with E-state index in [0.29, 0.717) is 12.8 Å². The van der Waals surface area contributed by atoms with Gasteiger partial charge in [0.15, 0.2) is 6.10 Å². The van der Waals surface area contributed by atoms with Crippen LogP contribution in [0.5, 0.6) is 0 Å². The third-order valence-corrected chi connectivity index (χ3v) is 14.2. The fraction of sp³-hybridized carbons (Fsp3) is 0.962. The minimum atomic E-state index is -5.08. The third-order valence-electron chi connectivity index (χ3n) is 13.2. The van der Waals surface area contributed by atoms with Crippen molar-refractivity contribution in [2.45, 2.75) is 307 Å². The number of carbonyl (C=O) groups excluding carboxylic acids is 2. The van der Waals surface area contributed by atoms with Crippen molar-refractivity contribution in [2.75, 3.05) is 13.2 Å². The van der Waals surface area contributed by atoms with Crippen molar-refractivity contribution in [2.24, 2.45) is 0 Å². The highest BCUT2D eigenvalue weighted by Crippen LogP contribution is 2.47. The topological polar surface area (TPSA) is 210 Å². The Kier molecular flexibility index (Phi) is 40.7. The van der Waals surface area contributed by atoms with Gasteiger partial charge in [0.05, 0.1) is 6.61 Å². The Morgan fingerprint density at radius 2 is 0.712 bits per heavy atom. The number of carbonyl (C=O) groups is 2. The summed E-state index contributed by atoms with van der Waals surface area (Å²) in [5.74, 6) is -1.15. The Bertz CT molecular complexity index is 1160. The summed E-state index contributed by atoms with van der Waals surface area (Å²) < 4.78 is 32.8. The highest BCUT2D eigenvalue weighted by Gasteiger charge is 2.51. The van der Waals surface area contributed by atoms with E-state index in [0.717, 1.165) is 19.3 Å². The molecule has 1 saturated carbocycles. The largest absolute Gasteiger partial charge is 0.472 e. The number of aliphatic hydroxyl groups excluding tert-OH is 5. The lowest BCUT2D eigenvalue weighted by Crippen LogP contribution is -2.64. The number of rotatable bonds is 47. The average molecular weight is 965 g/mol. The lowest BCUT2D eigenvalue weighted by molar-refractivity contribution is -0.220. The van der Waals surface area contributed by atoms with Gasteiger partial charge < -0.3 is 39.9 Å². The first kappa shape index (κ1) is 62.9. The zero-order valence-electron chi connectivity index (χ0n) is 42.0. The normalized spacial score (nSPS) is 21.2. The van der Waals surface area contributed by atoms with Crippen molar-refractivity contribution in [3.63, 3.8) is 0 Å². The summed E-state index contributed by atoms with van der Waals surface area (Å²) in [6.45, 7) is 2.88. The molecule has 66 heavy (non-hydrogen) atoms. The molecule has 14 heteroatoms. The number of esters is 2. The fourth-order valence-corrected chi connectivity index (χ4v) is 9.83. The number of phosphoric acid groups is 1. The van der Waals surface area contributed by atoms with E-state index in [-0.39, 0.29) is 12.8 Å². The van der Waals surface area contributed by atoms with Gasteiger partial charge in [-0.1, -0.05) is 239 Å². The van der Waals surface area contributed by atoms with Crippen LogP contribution in [-0.2, 0) is 32.7 Å². The molecule has 1 rings (SSSR count). The van der Waals surface area contributed by atoms with Crippen molar-refractivity contribution in [3.8, 4) is 0 Å². The number of aliphatic hydroxyl groups is 5. The summed E-state index contributed by atoms with van der Waals surface area (Å²) in [5, 5.41) is 49.7. The summed E-state index contributed by atoms with van der Waals surface area (Å²) in [6.07, 6.45) is 36.1. The van der Waals surface area contributed by atoms with Gasteiger partial charge in [-0.3, -0.25) is 18.6 Å². The van der Waals surface area contributed by atoms with E-state index in [2.05, 4.69) is 6.92 Å². The van der Waals surface area contributed by atoms with Gasteiger partial charge in [0, 0.05) is 12.8 Å². The van der Waals surface area contributed by atoms with Crippen LogP contribution in [0.4, 0.5) is 0 Å². The van der Waals surface area contributed by atoms with Gasteiger partial charge in [-0.15, -0.1) is 0 Å². The Morgan fingerprint density at radius 1 is 0.409 bits per heavy atom. The molecule has 1 aliphatic carbocycles. The van der Waals surface area contributed by atoms with E-state index >= 15 is 0 Å². The molecule has 392 valence electrons. The van der Waals surface area contributed by atoms with Crippen LogP contribution in [0.25, 0.3) is 0 Å². The summed E-state index contributed by atoms with van der Waals surface area (Å²) in [4.78, 5) is 34.7. The second-order valence-electron chi connectivity index (χ2n) is 19.5. The van der Waals surface area contributed by atoms with Gasteiger partial charge in [-0.05, 0) is 12.8 Å². The molecule has 0 aliphatic heterocycles. The monoisotopic (exact) mass is 965 g/mol. The quantitative estimate of drug-likeness (QED) is 0.0191. The predicted octanol–water partition coefficient (Wildman–Crippen LogP) is 12.0. The molecule has 6 N–H and O–H groups in total. The second-order valence-corrected chi connectivity index (χ2v) is 20.9. The number of hydrogen-bond acceptors (Lipinski definition) is 12. The predicted molar refractivity (Wildman–Crippen MR) is 263 cm³/mol. The smallest absolute Gasteiger partial charge is 0.462 e. The van der Waals surface area contributed by atoms with E-state index in [1.165, 1.54) is 205 Å². The molecule has 0 amide bonds. The molecule has 0 bridgehead atoms. The maximum atomic E-state index is 12.6. The summed E-state index contributed by atoms with van der Waals surface area (Å²) in [7, 11) is -5.08. The molecule has 1 aliphatic rings. The molecule has 0 aromatic carbocycles. The molecule has 0 aromatic rings. The lowest BCUT2D eigenvalue weighted by Gasteiger charge is -2.41. The molecule has 0 heterocycles. The third kappa shape index (κ3) is 34.2. The zero-order valence-corrected chi connectivity index (χ0v) is 42.9. The van der Waals surface area contributed by atoms with Gasteiger partial charge in [0.1, 0.15) is 43.2 Å². The maximum absolute atomic E-state index is 12.6. The van der Waals surface area contributed by atoms with Crippen LogP contribution in [0.15, 0.2) is 0 Å². The summed E-state index contributed by atoms with van der Waals surface area (Å²) in [5.41, 5.74) is 0. The van der Waals surface area contributed by atoms with E-state index < -0.39 is 75.7 Å². The SMILES string of the molecule is CCCCCCCCCCCCCCCCCCCCCCCCCCCCCCCCCCCCCCC(=O)OC[C@H](COP(=O)(O)OC1C(O)C(O)C(O)[C@@H](O)C1O)OC(=O)CCC. The molecular weight excluding hydrogens is 864 g/mol. The minimum Gasteiger partial charge on any atom is -0.462 e. The molecule has 0 radical (unpaired) electrons. The molecule has 13 nitrogen and oxygen atoms in total. The van der Waals surface area contributed by atoms with Gasteiger partial charge in [-0.25, -0.2) is 4.57 Å². The van der Waals surface area contributed by atoms with Crippen molar-refractivity contribution >= 4 is 19.8 Å². The van der Waals surface area contributed by atoms with Gasteiger partial charge in [-0.2, -0.15) is 0 Å². The molecule has 0 saturated heterocycles. The highest BCUT2D eigenvalue weighted by molar-refractivity contribution is 7.47. The standard InChI is InChI=1S/C52H101O13P/c1-3-5-6-7-8-9-10-11-12-13-14-15-16-17-18-19-20-21-22-23-24-25-26-27-28-29-30-31-32-33-34-35-36-37-38-39-41-45(53)62-42-44(64-46(54)40-4-2)43-63-66(60,61)65-52-50(58)48(56)47(55)49(57)51(52)59/h44,47-52,55-59H,3-43H2,1-2H3,(H,60,61)/t44-,47?,48-,49?,50?,51?,52?/m1/s1. The number of ether oxygens (including phenoxy) is 2. The van der Waals surface area contributed by atoms with Crippen molar-refractivity contribution in [1.82, 2.24) is 0 Å². The van der Waals surface area contributed by atoms with Crippen molar-refractivity contribution < 1.29 is 63.1 Å². The molecule has 8 atom stereocenters. The number of hydrogen-bond donors (Lipinski definition) is 6. The lowest BCUT2D eigenvalue weighted by atomic mass is 9.85. The molecular formula is C52H101O13P. The van der Waals surface area contributed by atoms with E-state index in [9.17, 15) is 44.6 Å². The van der Waals surface area contributed by atoms with Crippen LogP contribution < -0.4 is 0 Å². The summed E-state index contributed by atoms with van der Waals surface area (Å²) in [6, 6.07) is 0. The first-order valence-corrected chi connectivity index (χ1v) is 28.8. The van der Waals surface area contributed by atoms with E-state index in [1.807, 2.05) is 0 Å². The van der Waals surface area contributed by atoms with Crippen LogP contribution in [-0.4, -0.2) is 98.3 Å². The Labute approximate surface area is 401 Å². The van der Waals surface area contributed by atoms with E-state index in [4.69, 9.17) is 18.5 Å². The maximum Gasteiger partial charge on any atom is 0.472 e. The van der Waals surface area contributed by atoms with Gasteiger partial charge in [0.2, 0.25) is 0 Å². The molecule has 1 fully saturated rings. The Balaban J connectivity index is 1.93. The van der Waals surface area contributed by atoms with E-state index in [1.54, 1.807) is 6.92 Å². The van der Waals surface area contributed by atoms with Crippen LogP contribution in [0.1, 0.15) is 264 Å². The fourth-order valence-electron chi connectivity index (χ4n) is 8.86. The first-order valence-electron chi connectivity index (χ1n) is 27.3. The molecule has 0 aromatic heterocycles. The zero-order chi connectivity index (χ0) is 48.5. The first-order chi connectivity index (χ1) is 31.9. The Morgan fingerprint density at radius 3 is 1.03 bits per heavy atom. The summed E-state index contributed by atoms with van der Waals surface area (Å²) >= 11 is 0. The molecule has 6 unspecified atom stereocenters. The van der Waals surface area contributed by atoms with Gasteiger partial charge in [0.25, 0.3) is 0 Å². The van der Waals surface area contributed by atoms with Crippen LogP contribution >= 0.6 is 7.82 Å².